The molecule has 1 amide bonds. The quantitative estimate of drug-likeness (QED) is 0.628. The van der Waals surface area contributed by atoms with Crippen LogP contribution < -0.4 is 0 Å². The van der Waals surface area contributed by atoms with Gasteiger partial charge in [0.25, 0.3) is 5.91 Å². The van der Waals surface area contributed by atoms with Gasteiger partial charge in [-0.3, -0.25) is 14.8 Å². The first kappa shape index (κ1) is 18.7. The lowest BCUT2D eigenvalue weighted by Gasteiger charge is -2.42. The maximum atomic E-state index is 13.2. The van der Waals surface area contributed by atoms with Crippen LogP contribution >= 0.6 is 0 Å². The van der Waals surface area contributed by atoms with Crippen LogP contribution in [0.3, 0.4) is 0 Å². The topological polar surface area (TPSA) is 90.6 Å². The highest BCUT2D eigenvalue weighted by Gasteiger charge is 2.63. The Morgan fingerprint density at radius 1 is 1.13 bits per heavy atom. The minimum Gasteiger partial charge on any atom is -0.373 e. The van der Waals surface area contributed by atoms with Crippen molar-refractivity contribution in [2.24, 2.45) is 0 Å². The summed E-state index contributed by atoms with van der Waals surface area (Å²) in [5.41, 5.74) is 3.00. The van der Waals surface area contributed by atoms with Crippen molar-refractivity contribution < 1.29 is 18.8 Å². The summed E-state index contributed by atoms with van der Waals surface area (Å²) < 4.78 is 17.2. The molecular weight excluding hydrogens is 396 g/mol. The summed E-state index contributed by atoms with van der Waals surface area (Å²) in [6.07, 6.45) is 9.37. The van der Waals surface area contributed by atoms with E-state index in [1.807, 2.05) is 35.2 Å². The number of benzene rings is 1. The normalized spacial score (nSPS) is 29.4. The zero-order valence-electron chi connectivity index (χ0n) is 16.9. The zero-order chi connectivity index (χ0) is 20.8. The third-order valence-electron chi connectivity index (χ3n) is 6.53. The van der Waals surface area contributed by atoms with Crippen LogP contribution in [0.5, 0.6) is 0 Å². The molecule has 4 heterocycles. The minimum atomic E-state index is -0.729. The molecule has 31 heavy (non-hydrogen) atoms. The van der Waals surface area contributed by atoms with Crippen LogP contribution in [0.25, 0.3) is 11.3 Å². The standard InChI is InChI=1S/C23H22N4O4/c28-22-23(31-21-6-5-20(27(21)22)19-13-24-8-9-25-19)11-17(12-23)29-14-15-1-3-16(4-2-15)18-7-10-30-26-18/h1-4,7-10,13,17,20-21H,5-6,11-12,14H2/t17?,20-,21?,23?/m0/s1. The zero-order valence-corrected chi connectivity index (χ0v) is 16.9. The molecule has 2 aliphatic heterocycles. The summed E-state index contributed by atoms with van der Waals surface area (Å²) in [7, 11) is 0. The largest absolute Gasteiger partial charge is 0.373 e. The van der Waals surface area contributed by atoms with Crippen molar-refractivity contribution in [3.8, 4) is 11.3 Å². The van der Waals surface area contributed by atoms with E-state index in [1.54, 1.807) is 24.9 Å². The average Bonchev–Trinajstić information content (AvgIpc) is 3.50. The second-order valence-corrected chi connectivity index (χ2v) is 8.43. The predicted molar refractivity (Wildman–Crippen MR) is 108 cm³/mol. The first-order valence-electron chi connectivity index (χ1n) is 10.6. The van der Waals surface area contributed by atoms with Gasteiger partial charge >= 0.3 is 0 Å². The van der Waals surface area contributed by atoms with Crippen molar-refractivity contribution in [2.75, 3.05) is 0 Å². The molecule has 1 aromatic carbocycles. The van der Waals surface area contributed by atoms with Gasteiger partial charge in [0.2, 0.25) is 0 Å². The van der Waals surface area contributed by atoms with Crippen LogP contribution in [0, 0.1) is 0 Å². The maximum Gasteiger partial charge on any atom is 0.257 e. The predicted octanol–water partition coefficient (Wildman–Crippen LogP) is 3.27. The molecule has 3 aromatic rings. The fraction of sp³-hybridized carbons (Fsp3) is 0.391. The number of rotatable bonds is 5. The number of aromatic nitrogens is 3. The highest BCUT2D eigenvalue weighted by Crippen LogP contribution is 2.51. The molecule has 1 aliphatic carbocycles. The van der Waals surface area contributed by atoms with E-state index in [0.717, 1.165) is 35.4 Å². The van der Waals surface area contributed by atoms with E-state index < -0.39 is 5.60 Å². The monoisotopic (exact) mass is 418 g/mol. The molecule has 2 aromatic heterocycles. The van der Waals surface area contributed by atoms with E-state index in [4.69, 9.17) is 14.0 Å². The molecule has 1 unspecified atom stereocenters. The molecule has 8 heteroatoms. The van der Waals surface area contributed by atoms with Crippen molar-refractivity contribution in [3.05, 3.63) is 66.4 Å². The van der Waals surface area contributed by atoms with Gasteiger partial charge in [0.05, 0.1) is 30.6 Å². The molecule has 0 bridgehead atoms. The smallest absolute Gasteiger partial charge is 0.257 e. The van der Waals surface area contributed by atoms with Gasteiger partial charge in [-0.25, -0.2) is 0 Å². The summed E-state index contributed by atoms with van der Waals surface area (Å²) >= 11 is 0. The summed E-state index contributed by atoms with van der Waals surface area (Å²) in [5.74, 6) is 0.0717. The van der Waals surface area contributed by atoms with Crippen molar-refractivity contribution in [2.45, 2.75) is 56.3 Å². The molecule has 1 saturated carbocycles. The maximum absolute atomic E-state index is 13.2. The van der Waals surface area contributed by atoms with E-state index >= 15 is 0 Å². The van der Waals surface area contributed by atoms with E-state index in [9.17, 15) is 4.79 Å². The van der Waals surface area contributed by atoms with Crippen molar-refractivity contribution in [1.82, 2.24) is 20.0 Å². The first-order valence-corrected chi connectivity index (χ1v) is 10.6. The first-order chi connectivity index (χ1) is 15.2. The summed E-state index contributed by atoms with van der Waals surface area (Å²) in [6, 6.07) is 9.84. The third kappa shape index (κ3) is 3.14. The number of carbonyl (C=O) groups is 1. The lowest BCUT2D eigenvalue weighted by atomic mass is 9.76. The molecule has 1 spiro atoms. The summed E-state index contributed by atoms with van der Waals surface area (Å²) in [5, 5.41) is 3.95. The Balaban J connectivity index is 1.06. The van der Waals surface area contributed by atoms with Gasteiger partial charge in [0.15, 0.2) is 5.60 Å². The molecule has 2 atom stereocenters. The Hall–Kier alpha value is -3.10. The molecule has 2 saturated heterocycles. The van der Waals surface area contributed by atoms with Gasteiger partial charge in [-0.05, 0) is 18.4 Å². The van der Waals surface area contributed by atoms with Gasteiger partial charge in [-0.15, -0.1) is 0 Å². The molecule has 8 nitrogen and oxygen atoms in total. The van der Waals surface area contributed by atoms with Gasteiger partial charge < -0.3 is 18.9 Å². The number of nitrogens with zero attached hydrogens (tertiary/aromatic N) is 4. The highest BCUT2D eigenvalue weighted by atomic mass is 16.6. The summed E-state index contributed by atoms with van der Waals surface area (Å²) in [6.45, 7) is 0.503. The molecule has 3 fully saturated rings. The van der Waals surface area contributed by atoms with Crippen molar-refractivity contribution >= 4 is 5.91 Å². The minimum absolute atomic E-state index is 0.0224. The fourth-order valence-corrected chi connectivity index (χ4v) is 4.90. The Kier molecular flexibility index (Phi) is 4.36. The molecule has 0 N–H and O–H groups in total. The van der Waals surface area contributed by atoms with Crippen LogP contribution in [-0.2, 0) is 20.9 Å². The Bertz CT molecular complexity index is 1060. The van der Waals surface area contributed by atoms with Crippen molar-refractivity contribution in [1.29, 1.82) is 0 Å². The number of hydrogen-bond acceptors (Lipinski definition) is 7. The average molecular weight is 418 g/mol. The van der Waals surface area contributed by atoms with Gasteiger partial charge in [0, 0.05) is 36.9 Å². The lowest BCUT2D eigenvalue weighted by Crippen LogP contribution is -2.54. The Labute approximate surface area is 179 Å². The van der Waals surface area contributed by atoms with Crippen LogP contribution in [0.15, 0.2) is 59.7 Å². The van der Waals surface area contributed by atoms with E-state index in [2.05, 4.69) is 15.1 Å². The Morgan fingerprint density at radius 2 is 2.00 bits per heavy atom. The van der Waals surface area contributed by atoms with Crippen LogP contribution in [0.4, 0.5) is 0 Å². The number of amides is 1. The number of ether oxygens (including phenoxy) is 2. The number of carbonyl (C=O) groups excluding carboxylic acids is 1. The van der Waals surface area contributed by atoms with Crippen LogP contribution in [0.2, 0.25) is 0 Å². The van der Waals surface area contributed by atoms with E-state index in [1.165, 1.54) is 0 Å². The third-order valence-corrected chi connectivity index (χ3v) is 6.53. The van der Waals surface area contributed by atoms with Gasteiger partial charge in [-0.2, -0.15) is 0 Å². The van der Waals surface area contributed by atoms with E-state index in [-0.39, 0.29) is 24.3 Å². The molecule has 158 valence electrons. The molecule has 6 rings (SSSR count). The Morgan fingerprint density at radius 3 is 2.74 bits per heavy atom. The second kappa shape index (κ2) is 7.25. The van der Waals surface area contributed by atoms with Crippen LogP contribution in [-0.4, -0.2) is 43.9 Å². The van der Waals surface area contributed by atoms with Crippen molar-refractivity contribution in [3.63, 3.8) is 0 Å². The summed E-state index contributed by atoms with van der Waals surface area (Å²) in [4.78, 5) is 23.7. The second-order valence-electron chi connectivity index (χ2n) is 8.43. The SMILES string of the molecule is O=C1N2C(CC[C@H]2c2cnccn2)OC12CC(OCc1ccc(-c3ccon3)cc1)C2. The van der Waals surface area contributed by atoms with Crippen LogP contribution in [0.1, 0.15) is 43.0 Å². The highest BCUT2D eigenvalue weighted by molar-refractivity contribution is 5.89. The number of hydrogen-bond donors (Lipinski definition) is 0. The lowest BCUT2D eigenvalue weighted by molar-refractivity contribution is -0.177. The van der Waals surface area contributed by atoms with Gasteiger partial charge in [0.1, 0.15) is 18.2 Å². The fourth-order valence-electron chi connectivity index (χ4n) is 4.90. The molecular formula is C23H22N4O4. The van der Waals surface area contributed by atoms with E-state index in [0.29, 0.717) is 19.4 Å². The molecule has 0 radical (unpaired) electrons. The van der Waals surface area contributed by atoms with Gasteiger partial charge in [-0.1, -0.05) is 29.4 Å². The molecule has 3 aliphatic rings. The number of fused-ring (bicyclic) bond motifs is 1.